The Balaban J connectivity index is 2.11. The minimum Gasteiger partial charge on any atom is -0.497 e. The third-order valence-electron chi connectivity index (χ3n) is 3.05. The molecule has 1 amide bonds. The molecular formula is C14H18N4O4S. The topological polar surface area (TPSA) is 93.5 Å². The maximum Gasteiger partial charge on any atom is 0.261 e. The lowest BCUT2D eigenvalue weighted by molar-refractivity contribution is -0.129. The van der Waals surface area contributed by atoms with E-state index in [0.29, 0.717) is 5.75 Å². The minimum absolute atomic E-state index is 0.0390. The summed E-state index contributed by atoms with van der Waals surface area (Å²) in [5.41, 5.74) is 0.285. The summed E-state index contributed by atoms with van der Waals surface area (Å²) in [6.07, 6.45) is 2.81. The predicted octanol–water partition coefficient (Wildman–Crippen LogP) is 0.781. The van der Waals surface area contributed by atoms with Crippen molar-refractivity contribution in [3.63, 3.8) is 0 Å². The first-order chi connectivity index (χ1) is 10.8. The molecule has 2 rings (SSSR count). The molecule has 1 aromatic carbocycles. The molecule has 124 valence electrons. The van der Waals surface area contributed by atoms with Gasteiger partial charge in [-0.05, 0) is 24.3 Å². The zero-order valence-electron chi connectivity index (χ0n) is 13.1. The van der Waals surface area contributed by atoms with Gasteiger partial charge in [-0.1, -0.05) is 0 Å². The number of carbonyl (C=O) groups is 1. The van der Waals surface area contributed by atoms with Gasteiger partial charge in [-0.25, -0.2) is 8.42 Å². The van der Waals surface area contributed by atoms with Crippen LogP contribution in [0.25, 0.3) is 0 Å². The van der Waals surface area contributed by atoms with Crippen molar-refractivity contribution < 1.29 is 17.9 Å². The summed E-state index contributed by atoms with van der Waals surface area (Å²) in [7, 11) is 1.06. The van der Waals surface area contributed by atoms with Crippen LogP contribution in [-0.4, -0.2) is 50.2 Å². The lowest BCUT2D eigenvalue weighted by Gasteiger charge is -2.09. The first-order valence-electron chi connectivity index (χ1n) is 6.71. The number of nitrogens with one attached hydrogen (secondary N) is 1. The van der Waals surface area contributed by atoms with E-state index in [-0.39, 0.29) is 23.0 Å². The molecule has 9 heteroatoms. The molecule has 0 saturated heterocycles. The van der Waals surface area contributed by atoms with E-state index in [9.17, 15) is 13.2 Å². The van der Waals surface area contributed by atoms with Crippen LogP contribution >= 0.6 is 0 Å². The molecule has 0 unspecified atom stereocenters. The predicted molar refractivity (Wildman–Crippen MR) is 84.7 cm³/mol. The summed E-state index contributed by atoms with van der Waals surface area (Å²) in [5.74, 6) is 0.427. The molecule has 0 bridgehead atoms. The maximum absolute atomic E-state index is 12.3. The van der Waals surface area contributed by atoms with Crippen LogP contribution in [0.5, 0.6) is 5.75 Å². The zero-order chi connectivity index (χ0) is 17.0. The van der Waals surface area contributed by atoms with Crippen LogP contribution in [0.3, 0.4) is 0 Å². The molecule has 23 heavy (non-hydrogen) atoms. The lowest BCUT2D eigenvalue weighted by Crippen LogP contribution is -2.26. The van der Waals surface area contributed by atoms with Gasteiger partial charge in [0.1, 0.15) is 12.3 Å². The largest absolute Gasteiger partial charge is 0.497 e. The van der Waals surface area contributed by atoms with Crippen molar-refractivity contribution in [2.45, 2.75) is 11.4 Å². The van der Waals surface area contributed by atoms with Crippen molar-refractivity contribution in [1.82, 2.24) is 14.7 Å². The Bertz CT molecular complexity index is 781. The minimum atomic E-state index is -3.72. The third-order valence-corrected chi connectivity index (χ3v) is 4.45. The summed E-state index contributed by atoms with van der Waals surface area (Å²) in [5, 5.41) is 3.97. The molecule has 0 spiro atoms. The molecule has 0 saturated carbocycles. The number of rotatable bonds is 6. The number of anilines is 1. The van der Waals surface area contributed by atoms with Crippen LogP contribution in [-0.2, 0) is 21.4 Å². The Labute approximate surface area is 134 Å². The van der Waals surface area contributed by atoms with E-state index in [2.05, 4.69) is 9.82 Å². The first-order valence-corrected chi connectivity index (χ1v) is 8.19. The molecule has 0 aliphatic heterocycles. The van der Waals surface area contributed by atoms with E-state index in [1.54, 1.807) is 26.2 Å². The Kier molecular flexibility index (Phi) is 4.89. The van der Waals surface area contributed by atoms with E-state index in [1.165, 1.54) is 41.2 Å². The van der Waals surface area contributed by atoms with Gasteiger partial charge >= 0.3 is 0 Å². The highest BCUT2D eigenvalue weighted by molar-refractivity contribution is 7.92. The Morgan fingerprint density at radius 3 is 2.52 bits per heavy atom. The van der Waals surface area contributed by atoms with Gasteiger partial charge in [0.15, 0.2) is 0 Å². The number of benzene rings is 1. The van der Waals surface area contributed by atoms with Crippen molar-refractivity contribution in [3.05, 3.63) is 36.7 Å². The number of nitrogens with zero attached hydrogens (tertiary/aromatic N) is 3. The SMILES string of the molecule is COc1ccc(S(=O)(=O)Nc2cnn(CC(=O)N(C)C)c2)cc1. The number of hydrogen-bond acceptors (Lipinski definition) is 5. The molecule has 0 atom stereocenters. The number of methoxy groups -OCH3 is 1. The fourth-order valence-corrected chi connectivity index (χ4v) is 2.78. The molecule has 8 nitrogen and oxygen atoms in total. The smallest absolute Gasteiger partial charge is 0.261 e. The van der Waals surface area contributed by atoms with E-state index in [4.69, 9.17) is 4.74 Å². The van der Waals surface area contributed by atoms with Gasteiger partial charge in [0, 0.05) is 20.3 Å². The highest BCUT2D eigenvalue weighted by Crippen LogP contribution is 2.18. The van der Waals surface area contributed by atoms with Gasteiger partial charge in [0.25, 0.3) is 10.0 Å². The molecule has 0 aliphatic carbocycles. The van der Waals surface area contributed by atoms with Gasteiger partial charge in [-0.3, -0.25) is 14.2 Å². The van der Waals surface area contributed by atoms with Crippen molar-refractivity contribution in [2.75, 3.05) is 25.9 Å². The Morgan fingerprint density at radius 2 is 1.96 bits per heavy atom. The molecule has 2 aromatic rings. The highest BCUT2D eigenvalue weighted by atomic mass is 32.2. The van der Waals surface area contributed by atoms with E-state index >= 15 is 0 Å². The van der Waals surface area contributed by atoms with Crippen LogP contribution in [0, 0.1) is 0 Å². The summed E-state index contributed by atoms with van der Waals surface area (Å²) in [6.45, 7) is 0.0390. The second-order valence-electron chi connectivity index (χ2n) is 5.00. The third kappa shape index (κ3) is 4.22. The van der Waals surface area contributed by atoms with Crippen LogP contribution in [0.4, 0.5) is 5.69 Å². The van der Waals surface area contributed by atoms with Crippen molar-refractivity contribution in [1.29, 1.82) is 0 Å². The summed E-state index contributed by atoms with van der Waals surface area (Å²) < 4.78 is 33.3. The molecule has 0 fully saturated rings. The first kappa shape index (κ1) is 16.8. The van der Waals surface area contributed by atoms with Gasteiger partial charge in [0.2, 0.25) is 5.91 Å². The molecule has 1 heterocycles. The Morgan fingerprint density at radius 1 is 1.30 bits per heavy atom. The fourth-order valence-electron chi connectivity index (χ4n) is 1.75. The van der Waals surface area contributed by atoms with Crippen molar-refractivity contribution >= 4 is 21.6 Å². The molecule has 0 aliphatic rings. The maximum atomic E-state index is 12.3. The number of likely N-dealkylation sites (N-methyl/N-ethyl adjacent to an activating group) is 1. The van der Waals surface area contributed by atoms with Crippen molar-refractivity contribution in [3.8, 4) is 5.75 Å². The van der Waals surface area contributed by atoms with Crippen molar-refractivity contribution in [2.24, 2.45) is 0 Å². The lowest BCUT2D eigenvalue weighted by atomic mass is 10.3. The number of hydrogen-bond donors (Lipinski definition) is 1. The second-order valence-corrected chi connectivity index (χ2v) is 6.68. The monoisotopic (exact) mass is 338 g/mol. The zero-order valence-corrected chi connectivity index (χ0v) is 13.9. The van der Waals surface area contributed by atoms with E-state index < -0.39 is 10.0 Å². The van der Waals surface area contributed by atoms with Gasteiger partial charge in [-0.15, -0.1) is 0 Å². The Hall–Kier alpha value is -2.55. The summed E-state index contributed by atoms with van der Waals surface area (Å²) >= 11 is 0. The van der Waals surface area contributed by atoms with Gasteiger partial charge in [-0.2, -0.15) is 5.10 Å². The summed E-state index contributed by atoms with van der Waals surface area (Å²) in [6, 6.07) is 6.02. The quantitative estimate of drug-likeness (QED) is 0.840. The van der Waals surface area contributed by atoms with E-state index in [0.717, 1.165) is 0 Å². The van der Waals surface area contributed by atoms with Gasteiger partial charge < -0.3 is 9.64 Å². The second kappa shape index (κ2) is 6.69. The number of ether oxygens (including phenoxy) is 1. The normalized spacial score (nSPS) is 11.1. The number of amides is 1. The van der Waals surface area contributed by atoms with Crippen LogP contribution < -0.4 is 9.46 Å². The average molecular weight is 338 g/mol. The summed E-state index contributed by atoms with van der Waals surface area (Å²) in [4.78, 5) is 13.1. The highest BCUT2D eigenvalue weighted by Gasteiger charge is 2.15. The molecule has 1 aromatic heterocycles. The van der Waals surface area contributed by atoms with Crippen LogP contribution in [0.2, 0.25) is 0 Å². The molecule has 1 N–H and O–H groups in total. The number of aromatic nitrogens is 2. The standard InChI is InChI=1S/C14H18N4O4S/c1-17(2)14(19)10-18-9-11(8-15-18)16-23(20,21)13-6-4-12(22-3)5-7-13/h4-9,16H,10H2,1-3H3. The average Bonchev–Trinajstić information content (AvgIpc) is 2.93. The number of sulfonamides is 1. The van der Waals surface area contributed by atoms with Crippen LogP contribution in [0.1, 0.15) is 0 Å². The molecular weight excluding hydrogens is 320 g/mol. The van der Waals surface area contributed by atoms with Gasteiger partial charge in [0.05, 0.1) is 23.9 Å². The van der Waals surface area contributed by atoms with Crippen LogP contribution in [0.15, 0.2) is 41.6 Å². The fraction of sp³-hybridized carbons (Fsp3) is 0.286. The number of carbonyl (C=O) groups excluding carboxylic acids is 1. The molecule has 0 radical (unpaired) electrons. The van der Waals surface area contributed by atoms with E-state index in [1.807, 2.05) is 0 Å².